The van der Waals surface area contributed by atoms with Crippen LogP contribution in [-0.4, -0.2) is 71.3 Å². The van der Waals surface area contributed by atoms with E-state index in [2.05, 4.69) is 25.6 Å². The first-order chi connectivity index (χ1) is 16.2. The summed E-state index contributed by atoms with van der Waals surface area (Å²) in [7, 11) is 3.05. The molecule has 0 bridgehead atoms. The molecule has 2 aromatic rings. The van der Waals surface area contributed by atoms with Crippen molar-refractivity contribution in [1.29, 1.82) is 0 Å². The summed E-state index contributed by atoms with van der Waals surface area (Å²) >= 11 is 12.1. The van der Waals surface area contributed by atoms with Crippen LogP contribution in [0.15, 0.2) is 35.6 Å². The van der Waals surface area contributed by atoms with Crippen molar-refractivity contribution in [3.05, 3.63) is 52.0 Å². The number of hydrogen-bond acceptors (Lipinski definition) is 6. The fourth-order valence-electron chi connectivity index (χ4n) is 4.26. The van der Waals surface area contributed by atoms with Crippen molar-refractivity contribution in [3.8, 4) is 0 Å². The minimum Gasteiger partial charge on any atom is -0.352 e. The number of anilines is 1. The predicted octanol–water partition coefficient (Wildman–Crippen LogP) is 1.98. The molecule has 4 rings (SSSR count). The molecular weight excluding hydrogens is 481 g/mol. The van der Waals surface area contributed by atoms with Crippen LogP contribution in [0, 0.1) is 5.92 Å². The fourth-order valence-corrected chi connectivity index (χ4v) is 4.55. The normalized spacial score (nSPS) is 23.4. The Kier molecular flexibility index (Phi) is 6.72. The van der Waals surface area contributed by atoms with E-state index in [0.717, 1.165) is 0 Å². The minimum atomic E-state index is -0.424. The van der Waals surface area contributed by atoms with Gasteiger partial charge in [-0.1, -0.05) is 23.2 Å². The molecule has 1 aromatic heterocycles. The molecule has 1 aromatic carbocycles. The summed E-state index contributed by atoms with van der Waals surface area (Å²) in [4.78, 5) is 53.9. The summed E-state index contributed by atoms with van der Waals surface area (Å²) in [5.74, 6) is -0.856. The van der Waals surface area contributed by atoms with E-state index in [1.54, 1.807) is 30.1 Å². The molecule has 34 heavy (non-hydrogen) atoms. The van der Waals surface area contributed by atoms with Gasteiger partial charge in [-0.3, -0.25) is 19.4 Å². The van der Waals surface area contributed by atoms with Crippen molar-refractivity contribution in [2.75, 3.05) is 25.5 Å². The third kappa shape index (κ3) is 4.30. The van der Waals surface area contributed by atoms with Gasteiger partial charge in [-0.15, -0.1) is 0 Å². The molecule has 2 aliphatic rings. The highest BCUT2D eigenvalue weighted by atomic mass is 35.5. The van der Waals surface area contributed by atoms with Crippen LogP contribution in [0.5, 0.6) is 0 Å². The van der Waals surface area contributed by atoms with Crippen LogP contribution in [0.3, 0.4) is 0 Å². The first-order valence-corrected chi connectivity index (χ1v) is 11.4. The number of fused-ring (bicyclic) bond motifs is 1. The number of amides is 3. The van der Waals surface area contributed by atoms with E-state index in [4.69, 9.17) is 23.2 Å². The molecule has 12 heteroatoms. The highest BCUT2D eigenvalue weighted by Crippen LogP contribution is 2.32. The van der Waals surface area contributed by atoms with Crippen LogP contribution >= 0.6 is 23.2 Å². The molecular formula is C22H23Cl2N7O3. The molecule has 0 radical (unpaired) electrons. The third-order valence-corrected chi connectivity index (χ3v) is 6.77. The Labute approximate surface area is 206 Å². The Bertz CT molecular complexity index is 1170. The van der Waals surface area contributed by atoms with Gasteiger partial charge < -0.3 is 15.5 Å². The maximum Gasteiger partial charge on any atom is 0.288 e. The zero-order valence-electron chi connectivity index (χ0n) is 18.7. The summed E-state index contributed by atoms with van der Waals surface area (Å²) < 4.78 is 0. The standard InChI is InChI=1S/C22H23Cl2N7O3/c1-11-6-14-17(10-30(11)20(33)12-4-5-15(23)16(24)7-12)29-22(26-3)31(21(14)34)13-8-27-18(28-9-13)19(32)25-2/h4-5,7-9,11,14,17H,6,10H2,1-3H3,(H,25,32)(H,26,29)/t11-,14?,17?/m1/s1. The number of aromatic nitrogens is 2. The van der Waals surface area contributed by atoms with Crippen LogP contribution in [0.1, 0.15) is 34.3 Å². The van der Waals surface area contributed by atoms with Crippen LogP contribution < -0.4 is 15.5 Å². The predicted molar refractivity (Wildman–Crippen MR) is 128 cm³/mol. The minimum absolute atomic E-state index is 0.000669. The number of hydrogen-bond donors (Lipinski definition) is 2. The highest BCUT2D eigenvalue weighted by Gasteiger charge is 2.46. The molecule has 3 amide bonds. The number of rotatable bonds is 3. The average Bonchev–Trinajstić information content (AvgIpc) is 2.85. The molecule has 2 aliphatic heterocycles. The Morgan fingerprint density at radius 1 is 1.21 bits per heavy atom. The Hall–Kier alpha value is -3.24. The maximum absolute atomic E-state index is 13.5. The summed E-state index contributed by atoms with van der Waals surface area (Å²) in [6.07, 6.45) is 3.28. The molecule has 0 aliphatic carbocycles. The van der Waals surface area contributed by atoms with Gasteiger partial charge in [0.05, 0.1) is 40.1 Å². The Morgan fingerprint density at radius 2 is 1.91 bits per heavy atom. The molecule has 3 atom stereocenters. The number of nitrogens with one attached hydrogen (secondary N) is 2. The number of piperidine rings is 1. The largest absolute Gasteiger partial charge is 0.352 e. The van der Waals surface area contributed by atoms with Crippen LogP contribution in [0.4, 0.5) is 5.69 Å². The lowest BCUT2D eigenvalue weighted by Gasteiger charge is -2.47. The van der Waals surface area contributed by atoms with Crippen LogP contribution in [0.25, 0.3) is 0 Å². The zero-order chi connectivity index (χ0) is 24.6. The van der Waals surface area contributed by atoms with Gasteiger partial charge >= 0.3 is 0 Å². The van der Waals surface area contributed by atoms with Crippen molar-refractivity contribution < 1.29 is 14.4 Å². The first kappa shape index (κ1) is 23.9. The van der Waals surface area contributed by atoms with Crippen molar-refractivity contribution in [2.45, 2.75) is 25.4 Å². The van der Waals surface area contributed by atoms with Gasteiger partial charge in [0.15, 0.2) is 0 Å². The molecule has 2 saturated heterocycles. The van der Waals surface area contributed by atoms with Crippen molar-refractivity contribution >= 4 is 52.6 Å². The molecule has 2 fully saturated rings. The van der Waals surface area contributed by atoms with E-state index < -0.39 is 11.8 Å². The van der Waals surface area contributed by atoms with Gasteiger partial charge in [-0.2, -0.15) is 0 Å². The third-order valence-electron chi connectivity index (χ3n) is 6.04. The SMILES string of the molecule is CN=C1NC2CN(C(=O)c3ccc(Cl)c(Cl)c3)[C@H](C)CC2C(=O)N1c1cnc(C(=O)NC)nc1. The van der Waals surface area contributed by atoms with E-state index in [-0.39, 0.29) is 29.7 Å². The number of benzene rings is 1. The number of carbonyl (C=O) groups excluding carboxylic acids is 3. The lowest BCUT2D eigenvalue weighted by atomic mass is 9.84. The lowest BCUT2D eigenvalue weighted by molar-refractivity contribution is -0.125. The second kappa shape index (κ2) is 9.55. The number of guanidine groups is 1. The summed E-state index contributed by atoms with van der Waals surface area (Å²) in [6, 6.07) is 4.26. The number of nitrogens with zero attached hydrogens (tertiary/aromatic N) is 5. The van der Waals surface area contributed by atoms with Crippen LogP contribution in [0.2, 0.25) is 10.0 Å². The summed E-state index contributed by atoms with van der Waals surface area (Å²) in [5.41, 5.74) is 0.826. The van der Waals surface area contributed by atoms with Crippen LogP contribution in [-0.2, 0) is 4.79 Å². The van der Waals surface area contributed by atoms with E-state index in [9.17, 15) is 14.4 Å². The molecule has 178 valence electrons. The molecule has 10 nitrogen and oxygen atoms in total. The van der Waals surface area contributed by atoms with Gasteiger partial charge in [-0.05, 0) is 31.5 Å². The van der Waals surface area contributed by atoms with E-state index >= 15 is 0 Å². The summed E-state index contributed by atoms with van der Waals surface area (Å²) in [5, 5.41) is 6.43. The number of aliphatic imine (C=N–C) groups is 1. The van der Waals surface area contributed by atoms with Crippen molar-refractivity contribution in [2.24, 2.45) is 10.9 Å². The quantitative estimate of drug-likeness (QED) is 0.660. The van der Waals surface area contributed by atoms with Crippen molar-refractivity contribution in [1.82, 2.24) is 25.5 Å². The fraction of sp³-hybridized carbons (Fsp3) is 0.364. The number of likely N-dealkylation sites (tertiary alicyclic amines) is 1. The molecule has 2 unspecified atom stereocenters. The van der Waals surface area contributed by atoms with Gasteiger partial charge in [0.1, 0.15) is 0 Å². The highest BCUT2D eigenvalue weighted by molar-refractivity contribution is 6.42. The molecule has 3 heterocycles. The Morgan fingerprint density at radius 3 is 2.53 bits per heavy atom. The molecule has 2 N–H and O–H groups in total. The second-order valence-corrected chi connectivity index (χ2v) is 8.91. The van der Waals surface area contributed by atoms with Gasteiger partial charge in [0.25, 0.3) is 11.8 Å². The topological polar surface area (TPSA) is 120 Å². The molecule has 0 spiro atoms. The maximum atomic E-state index is 13.5. The van der Waals surface area contributed by atoms with E-state index in [1.165, 1.54) is 24.3 Å². The average molecular weight is 504 g/mol. The van der Waals surface area contributed by atoms with E-state index in [0.29, 0.717) is 40.2 Å². The monoisotopic (exact) mass is 503 g/mol. The number of carbonyl (C=O) groups is 3. The van der Waals surface area contributed by atoms with E-state index in [1.807, 2.05) is 6.92 Å². The van der Waals surface area contributed by atoms with Gasteiger partial charge in [0, 0.05) is 32.2 Å². The second-order valence-electron chi connectivity index (χ2n) is 8.09. The first-order valence-electron chi connectivity index (χ1n) is 10.6. The smallest absolute Gasteiger partial charge is 0.288 e. The van der Waals surface area contributed by atoms with Crippen molar-refractivity contribution in [3.63, 3.8) is 0 Å². The summed E-state index contributed by atoms with van der Waals surface area (Å²) in [6.45, 7) is 2.23. The molecule has 0 saturated carbocycles. The number of halogens is 2. The zero-order valence-corrected chi connectivity index (χ0v) is 20.3. The Balaban J connectivity index is 1.57. The lowest BCUT2D eigenvalue weighted by Crippen LogP contribution is -2.67. The van der Waals surface area contributed by atoms with Gasteiger partial charge in [-0.25, -0.2) is 14.9 Å². The van der Waals surface area contributed by atoms with Gasteiger partial charge in [0.2, 0.25) is 17.7 Å².